The molecule has 1 aliphatic carbocycles. The number of fused-ring (bicyclic) bond motifs is 1. The zero-order chi connectivity index (χ0) is 29.8. The molecule has 222 valence electrons. The average molecular weight is 623 g/mol. The summed E-state index contributed by atoms with van der Waals surface area (Å²) in [5.41, 5.74) is 1.28. The van der Waals surface area contributed by atoms with Crippen LogP contribution in [0.4, 0.5) is 17.6 Å². The Bertz CT molecular complexity index is 1760. The Kier molecular flexibility index (Phi) is 7.65. The minimum Gasteiger partial charge on any atom is -0.489 e. The highest BCUT2D eigenvalue weighted by Crippen LogP contribution is 2.43. The van der Waals surface area contributed by atoms with E-state index in [0.717, 1.165) is 57.6 Å². The minimum atomic E-state index is -4.61. The number of rotatable bonds is 7. The first-order valence-corrected chi connectivity index (χ1v) is 14.7. The number of halogens is 5. The summed E-state index contributed by atoms with van der Waals surface area (Å²) in [5, 5.41) is 0.523. The second kappa shape index (κ2) is 11.1. The second-order valence-electron chi connectivity index (χ2n) is 10.9. The maximum absolute atomic E-state index is 13.7. The number of ether oxygens (including phenoxy) is 1. The van der Waals surface area contributed by atoms with Gasteiger partial charge < -0.3 is 4.74 Å². The summed E-state index contributed by atoms with van der Waals surface area (Å²) in [6, 6.07) is 8.46. The van der Waals surface area contributed by atoms with Gasteiger partial charge in [0.1, 0.15) is 24.6 Å². The lowest BCUT2D eigenvalue weighted by molar-refractivity contribution is -0.141. The van der Waals surface area contributed by atoms with Gasteiger partial charge in [-0.25, -0.2) is 9.18 Å². The predicted octanol–water partition coefficient (Wildman–Crippen LogP) is 5.81. The largest absolute Gasteiger partial charge is 0.489 e. The van der Waals surface area contributed by atoms with E-state index in [0.29, 0.717) is 44.7 Å². The molecular formula is C29H27ClF4N4O3S. The molecule has 7 nitrogen and oxygen atoms in total. The summed E-state index contributed by atoms with van der Waals surface area (Å²) in [6.45, 7) is 1.47. The second-order valence-corrected chi connectivity index (χ2v) is 12.5. The van der Waals surface area contributed by atoms with Gasteiger partial charge in [0, 0.05) is 71.5 Å². The highest BCUT2D eigenvalue weighted by atomic mass is 35.5. The van der Waals surface area contributed by atoms with Crippen molar-refractivity contribution in [2.45, 2.75) is 63.8 Å². The molecule has 0 bridgehead atoms. The van der Waals surface area contributed by atoms with Crippen LogP contribution in [0.5, 0.6) is 5.75 Å². The fourth-order valence-corrected chi connectivity index (χ4v) is 7.11. The van der Waals surface area contributed by atoms with E-state index < -0.39 is 30.1 Å². The normalized spacial score (nSPS) is 21.1. The van der Waals surface area contributed by atoms with Gasteiger partial charge in [-0.2, -0.15) is 13.2 Å². The van der Waals surface area contributed by atoms with Crippen LogP contribution >= 0.6 is 22.9 Å². The van der Waals surface area contributed by atoms with Crippen molar-refractivity contribution in [3.8, 4) is 16.9 Å². The Hall–Kier alpha value is -3.22. The molecule has 2 fully saturated rings. The van der Waals surface area contributed by atoms with Crippen LogP contribution in [-0.4, -0.2) is 56.6 Å². The van der Waals surface area contributed by atoms with E-state index >= 15 is 0 Å². The number of aryl methyl sites for hydroxylation is 1. The van der Waals surface area contributed by atoms with E-state index in [-0.39, 0.29) is 12.6 Å². The van der Waals surface area contributed by atoms with Crippen molar-refractivity contribution in [1.29, 1.82) is 0 Å². The Morgan fingerprint density at radius 3 is 2.64 bits per heavy atom. The monoisotopic (exact) mass is 622 g/mol. The van der Waals surface area contributed by atoms with Gasteiger partial charge in [-0.05, 0) is 43.2 Å². The zero-order valence-corrected chi connectivity index (χ0v) is 24.1. The molecule has 3 aromatic heterocycles. The predicted molar refractivity (Wildman–Crippen MR) is 153 cm³/mol. The summed E-state index contributed by atoms with van der Waals surface area (Å²) in [5.74, 6) is 0.685. The number of aromatic nitrogens is 3. The van der Waals surface area contributed by atoms with E-state index in [1.165, 1.54) is 11.3 Å². The van der Waals surface area contributed by atoms with Crippen LogP contribution in [0.3, 0.4) is 0 Å². The first-order valence-electron chi connectivity index (χ1n) is 13.5. The summed E-state index contributed by atoms with van der Waals surface area (Å²) >= 11 is 7.77. The van der Waals surface area contributed by atoms with Gasteiger partial charge in [0.15, 0.2) is 0 Å². The van der Waals surface area contributed by atoms with Crippen molar-refractivity contribution in [1.82, 2.24) is 19.0 Å². The molecule has 1 aliphatic heterocycles. The summed E-state index contributed by atoms with van der Waals surface area (Å²) in [6.07, 6.45) is -0.709. The van der Waals surface area contributed by atoms with Gasteiger partial charge in [-0.15, -0.1) is 11.3 Å². The van der Waals surface area contributed by atoms with Gasteiger partial charge in [0.25, 0.3) is 5.56 Å². The van der Waals surface area contributed by atoms with Crippen molar-refractivity contribution >= 4 is 33.2 Å². The summed E-state index contributed by atoms with van der Waals surface area (Å²) < 4.78 is 61.0. The summed E-state index contributed by atoms with van der Waals surface area (Å²) in [7, 11) is 0. The minimum absolute atomic E-state index is 0.0210. The fraction of sp³-hybridized carbons (Fsp3) is 0.414. The number of likely N-dealkylation sites (tertiary alicyclic amines) is 1. The zero-order valence-electron chi connectivity index (χ0n) is 22.5. The Labute approximate surface area is 246 Å². The van der Waals surface area contributed by atoms with Crippen LogP contribution in [0.1, 0.15) is 29.7 Å². The fourth-order valence-electron chi connectivity index (χ4n) is 5.71. The number of thiophene rings is 1. The van der Waals surface area contributed by atoms with Crippen LogP contribution in [0.2, 0.25) is 5.02 Å². The van der Waals surface area contributed by atoms with Gasteiger partial charge in [0.05, 0.1) is 16.8 Å². The highest BCUT2D eigenvalue weighted by molar-refractivity contribution is 7.19. The van der Waals surface area contributed by atoms with Crippen molar-refractivity contribution in [2.24, 2.45) is 0 Å². The smallest absolute Gasteiger partial charge is 0.406 e. The van der Waals surface area contributed by atoms with Crippen LogP contribution in [0, 0.1) is 6.92 Å². The maximum Gasteiger partial charge on any atom is 0.406 e. The first-order chi connectivity index (χ1) is 19.9. The van der Waals surface area contributed by atoms with Crippen molar-refractivity contribution < 1.29 is 22.3 Å². The number of alkyl halides is 4. The average Bonchev–Trinajstić information content (AvgIpc) is 3.51. The molecule has 1 saturated carbocycles. The van der Waals surface area contributed by atoms with Gasteiger partial charge in [-0.1, -0.05) is 11.6 Å². The Balaban J connectivity index is 1.30. The van der Waals surface area contributed by atoms with Crippen LogP contribution in [-0.2, 0) is 13.1 Å². The maximum atomic E-state index is 13.7. The third kappa shape index (κ3) is 5.84. The molecule has 42 heavy (non-hydrogen) atoms. The Morgan fingerprint density at radius 2 is 1.93 bits per heavy atom. The van der Waals surface area contributed by atoms with E-state index in [1.807, 2.05) is 25.1 Å². The third-order valence-corrected chi connectivity index (χ3v) is 9.19. The molecule has 1 aromatic carbocycles. The van der Waals surface area contributed by atoms with Gasteiger partial charge in [0.2, 0.25) is 0 Å². The van der Waals surface area contributed by atoms with Gasteiger partial charge in [-0.3, -0.25) is 23.8 Å². The van der Waals surface area contributed by atoms with E-state index in [9.17, 15) is 27.2 Å². The van der Waals surface area contributed by atoms with Crippen LogP contribution in [0.15, 0.2) is 52.3 Å². The number of hydrogen-bond acceptors (Lipinski definition) is 6. The van der Waals surface area contributed by atoms with Crippen LogP contribution < -0.4 is 16.0 Å². The molecule has 6 rings (SSSR count). The lowest BCUT2D eigenvalue weighted by Gasteiger charge is -2.41. The lowest BCUT2D eigenvalue weighted by atomic mass is 9.87. The molecule has 4 heterocycles. The topological polar surface area (TPSA) is 69.4 Å². The number of pyridine rings is 1. The van der Waals surface area contributed by atoms with Crippen LogP contribution in [0.25, 0.3) is 21.3 Å². The molecule has 0 radical (unpaired) electrons. The standard InChI is InChI=1S/C29H27ClF4N4O3S/c1-16-8-17(30)9-23(26(16)41-20-10-19(11-20)36-6-3-18(31)13-36)22-2-5-35-24-12-21(42-27(22)24)14-38-25(39)4-7-37(28(38)40)15-29(32,33)34/h2,4-5,7-9,12,18-20H,3,6,10-11,13-15H2,1H3. The molecule has 0 spiro atoms. The number of benzene rings is 1. The van der Waals surface area contributed by atoms with Gasteiger partial charge >= 0.3 is 11.9 Å². The first kappa shape index (κ1) is 28.9. The number of hydrogen-bond donors (Lipinski definition) is 0. The molecule has 1 unspecified atom stereocenters. The molecule has 13 heteroatoms. The van der Waals surface area contributed by atoms with E-state index in [4.69, 9.17) is 16.3 Å². The molecule has 0 N–H and O–H groups in total. The van der Waals surface area contributed by atoms with Crippen molar-refractivity contribution in [3.05, 3.63) is 79.0 Å². The number of nitrogens with zero attached hydrogens (tertiary/aromatic N) is 4. The Morgan fingerprint density at radius 1 is 1.14 bits per heavy atom. The van der Waals surface area contributed by atoms with Crippen molar-refractivity contribution in [3.63, 3.8) is 0 Å². The summed E-state index contributed by atoms with van der Waals surface area (Å²) in [4.78, 5) is 32.4. The molecule has 1 atom stereocenters. The van der Waals surface area contributed by atoms with E-state index in [2.05, 4.69) is 9.88 Å². The third-order valence-electron chi connectivity index (χ3n) is 7.83. The molecule has 2 aliphatic rings. The quantitative estimate of drug-likeness (QED) is 0.243. The highest BCUT2D eigenvalue weighted by Gasteiger charge is 2.39. The van der Waals surface area contributed by atoms with E-state index in [1.54, 1.807) is 12.3 Å². The molecule has 1 saturated heterocycles. The molecule has 0 amide bonds. The lowest BCUT2D eigenvalue weighted by Crippen LogP contribution is -2.48. The molecule has 4 aromatic rings. The van der Waals surface area contributed by atoms with Crippen molar-refractivity contribution in [2.75, 3.05) is 13.1 Å². The molecular weight excluding hydrogens is 596 g/mol. The SMILES string of the molecule is Cc1cc(Cl)cc(-c2ccnc3cc(Cn4c(=O)ccn(CC(F)(F)F)c4=O)sc23)c1OC1CC(N2CCC(F)C2)C1.